The van der Waals surface area contributed by atoms with Crippen LogP contribution in [0.4, 0.5) is 4.39 Å². The van der Waals surface area contributed by atoms with Crippen LogP contribution in [0.3, 0.4) is 0 Å². The minimum atomic E-state index is -0.267. The zero-order valence-electron chi connectivity index (χ0n) is 9.59. The Labute approximate surface area is 104 Å². The van der Waals surface area contributed by atoms with E-state index in [0.29, 0.717) is 22.7 Å². The third-order valence-electron chi connectivity index (χ3n) is 1.98. The van der Waals surface area contributed by atoms with E-state index in [2.05, 4.69) is 35.1 Å². The van der Waals surface area contributed by atoms with Crippen LogP contribution < -0.4 is 10.1 Å². The molecule has 0 spiro atoms. The summed E-state index contributed by atoms with van der Waals surface area (Å²) in [6, 6.07) is 4.42. The molecule has 16 heavy (non-hydrogen) atoms. The van der Waals surface area contributed by atoms with Crippen LogP contribution >= 0.6 is 15.9 Å². The summed E-state index contributed by atoms with van der Waals surface area (Å²) in [7, 11) is 0. The Morgan fingerprint density at radius 3 is 2.81 bits per heavy atom. The molecule has 0 unspecified atom stereocenters. The number of ether oxygens (including phenoxy) is 1. The molecule has 0 bridgehead atoms. The molecule has 0 aliphatic heterocycles. The van der Waals surface area contributed by atoms with Crippen molar-refractivity contribution in [1.82, 2.24) is 5.32 Å². The lowest BCUT2D eigenvalue weighted by Crippen LogP contribution is -2.25. The molecular weight excluding hydrogens is 273 g/mol. The summed E-state index contributed by atoms with van der Waals surface area (Å²) in [5, 5.41) is 3.27. The van der Waals surface area contributed by atoms with Gasteiger partial charge in [0, 0.05) is 6.54 Å². The van der Waals surface area contributed by atoms with Crippen molar-refractivity contribution in [3.05, 3.63) is 28.5 Å². The van der Waals surface area contributed by atoms with Gasteiger partial charge < -0.3 is 10.1 Å². The van der Waals surface area contributed by atoms with Gasteiger partial charge in [-0.25, -0.2) is 4.39 Å². The van der Waals surface area contributed by atoms with Gasteiger partial charge >= 0.3 is 0 Å². The Hall–Kier alpha value is -0.610. The van der Waals surface area contributed by atoms with E-state index in [1.54, 1.807) is 6.07 Å². The second-order valence-electron chi connectivity index (χ2n) is 4.02. The van der Waals surface area contributed by atoms with Gasteiger partial charge in [0.05, 0.1) is 4.47 Å². The highest BCUT2D eigenvalue weighted by atomic mass is 79.9. The first-order chi connectivity index (χ1) is 7.59. The maximum absolute atomic E-state index is 12.8. The van der Waals surface area contributed by atoms with E-state index >= 15 is 0 Å². The largest absolute Gasteiger partial charge is 0.491 e. The summed E-state index contributed by atoms with van der Waals surface area (Å²) < 4.78 is 18.9. The molecule has 90 valence electrons. The predicted molar refractivity (Wildman–Crippen MR) is 67.3 cm³/mol. The van der Waals surface area contributed by atoms with Crippen molar-refractivity contribution in [3.8, 4) is 5.75 Å². The zero-order chi connectivity index (χ0) is 12.0. The lowest BCUT2D eigenvalue weighted by Gasteiger charge is -2.10. The van der Waals surface area contributed by atoms with Gasteiger partial charge in [0.2, 0.25) is 0 Å². The van der Waals surface area contributed by atoms with E-state index in [4.69, 9.17) is 4.74 Å². The average molecular weight is 290 g/mol. The highest BCUT2D eigenvalue weighted by Gasteiger charge is 2.02. The van der Waals surface area contributed by atoms with Crippen LogP contribution in [-0.2, 0) is 0 Å². The maximum Gasteiger partial charge on any atom is 0.133 e. The summed E-state index contributed by atoms with van der Waals surface area (Å²) in [6.45, 7) is 6.67. The zero-order valence-corrected chi connectivity index (χ0v) is 11.2. The molecule has 0 aliphatic rings. The standard InChI is InChI=1S/C12H17BrFNO/c1-9(2)8-15-5-6-16-12-4-3-10(14)7-11(12)13/h3-4,7,9,15H,5-6,8H2,1-2H3. The molecule has 0 aliphatic carbocycles. The van der Waals surface area contributed by atoms with Crippen LogP contribution in [0.1, 0.15) is 13.8 Å². The molecule has 0 saturated carbocycles. The normalized spacial score (nSPS) is 10.8. The van der Waals surface area contributed by atoms with Gasteiger partial charge in [0.25, 0.3) is 0 Å². The van der Waals surface area contributed by atoms with Gasteiger partial charge in [-0.05, 0) is 46.6 Å². The van der Waals surface area contributed by atoms with Gasteiger partial charge in [0.1, 0.15) is 18.2 Å². The van der Waals surface area contributed by atoms with Crippen molar-refractivity contribution in [2.45, 2.75) is 13.8 Å². The van der Waals surface area contributed by atoms with Crippen LogP contribution in [0.15, 0.2) is 22.7 Å². The summed E-state index contributed by atoms with van der Waals surface area (Å²) in [5.74, 6) is 1.04. The molecular formula is C12H17BrFNO. The van der Waals surface area contributed by atoms with E-state index in [0.717, 1.165) is 13.1 Å². The lowest BCUT2D eigenvalue weighted by molar-refractivity contribution is 0.308. The van der Waals surface area contributed by atoms with Crippen LogP contribution in [0.25, 0.3) is 0 Å². The van der Waals surface area contributed by atoms with Crippen molar-refractivity contribution in [3.63, 3.8) is 0 Å². The fraction of sp³-hybridized carbons (Fsp3) is 0.500. The molecule has 4 heteroatoms. The minimum absolute atomic E-state index is 0.267. The first kappa shape index (κ1) is 13.5. The van der Waals surface area contributed by atoms with Crippen LogP contribution in [0.5, 0.6) is 5.75 Å². The van der Waals surface area contributed by atoms with E-state index < -0.39 is 0 Å². The van der Waals surface area contributed by atoms with Crippen molar-refractivity contribution in [1.29, 1.82) is 0 Å². The van der Waals surface area contributed by atoms with E-state index in [9.17, 15) is 4.39 Å². The number of hydrogen-bond acceptors (Lipinski definition) is 2. The third-order valence-corrected chi connectivity index (χ3v) is 2.60. The molecule has 2 nitrogen and oxygen atoms in total. The number of nitrogens with one attached hydrogen (secondary N) is 1. The number of benzene rings is 1. The molecule has 1 aromatic carbocycles. The molecule has 1 N–H and O–H groups in total. The predicted octanol–water partition coefficient (Wildman–Crippen LogP) is 3.21. The van der Waals surface area contributed by atoms with Crippen LogP contribution in [0.2, 0.25) is 0 Å². The van der Waals surface area contributed by atoms with E-state index in [1.807, 2.05) is 0 Å². The molecule has 0 heterocycles. The van der Waals surface area contributed by atoms with Crippen molar-refractivity contribution < 1.29 is 9.13 Å². The molecule has 0 radical (unpaired) electrons. The minimum Gasteiger partial charge on any atom is -0.491 e. The average Bonchev–Trinajstić information content (AvgIpc) is 2.20. The topological polar surface area (TPSA) is 21.3 Å². The molecule has 0 amide bonds. The highest BCUT2D eigenvalue weighted by Crippen LogP contribution is 2.25. The third kappa shape index (κ3) is 4.94. The van der Waals surface area contributed by atoms with Gasteiger partial charge in [-0.2, -0.15) is 0 Å². The van der Waals surface area contributed by atoms with Crippen molar-refractivity contribution in [2.75, 3.05) is 19.7 Å². The second-order valence-corrected chi connectivity index (χ2v) is 4.88. The number of rotatable bonds is 6. The first-order valence-corrected chi connectivity index (χ1v) is 6.17. The van der Waals surface area contributed by atoms with Gasteiger partial charge in [-0.1, -0.05) is 13.8 Å². The smallest absolute Gasteiger partial charge is 0.133 e. The molecule has 1 aromatic rings. The van der Waals surface area contributed by atoms with E-state index in [1.165, 1.54) is 12.1 Å². The van der Waals surface area contributed by atoms with Crippen LogP contribution in [-0.4, -0.2) is 19.7 Å². The number of halogens is 2. The molecule has 0 aromatic heterocycles. The molecule has 1 rings (SSSR count). The molecule has 0 saturated heterocycles. The maximum atomic E-state index is 12.8. The monoisotopic (exact) mass is 289 g/mol. The SMILES string of the molecule is CC(C)CNCCOc1ccc(F)cc1Br. The van der Waals surface area contributed by atoms with Gasteiger partial charge in [-0.15, -0.1) is 0 Å². The molecule has 0 atom stereocenters. The van der Waals surface area contributed by atoms with E-state index in [-0.39, 0.29) is 5.82 Å². The summed E-state index contributed by atoms with van der Waals surface area (Å²) in [6.07, 6.45) is 0. The number of hydrogen-bond donors (Lipinski definition) is 1. The Balaban J connectivity index is 2.27. The quantitative estimate of drug-likeness (QED) is 0.812. The fourth-order valence-electron chi connectivity index (χ4n) is 1.22. The van der Waals surface area contributed by atoms with Gasteiger partial charge in [-0.3, -0.25) is 0 Å². The Morgan fingerprint density at radius 1 is 1.44 bits per heavy atom. The fourth-order valence-corrected chi connectivity index (χ4v) is 1.68. The second kappa shape index (κ2) is 6.86. The van der Waals surface area contributed by atoms with Crippen molar-refractivity contribution >= 4 is 15.9 Å². The summed E-state index contributed by atoms with van der Waals surface area (Å²) in [4.78, 5) is 0. The Morgan fingerprint density at radius 2 is 2.19 bits per heavy atom. The Bertz CT molecular complexity index is 331. The highest BCUT2D eigenvalue weighted by molar-refractivity contribution is 9.10. The van der Waals surface area contributed by atoms with Crippen LogP contribution in [0, 0.1) is 11.7 Å². The lowest BCUT2D eigenvalue weighted by atomic mass is 10.2. The first-order valence-electron chi connectivity index (χ1n) is 5.38. The summed E-state index contributed by atoms with van der Waals surface area (Å²) in [5.41, 5.74) is 0. The molecule has 0 fully saturated rings. The van der Waals surface area contributed by atoms with Gasteiger partial charge in [0.15, 0.2) is 0 Å². The summed E-state index contributed by atoms with van der Waals surface area (Å²) >= 11 is 3.25. The van der Waals surface area contributed by atoms with Crippen molar-refractivity contribution in [2.24, 2.45) is 5.92 Å². The Kier molecular flexibility index (Phi) is 5.77.